The molecule has 0 bridgehead atoms. The predicted molar refractivity (Wildman–Crippen MR) is 92.5 cm³/mol. The molecule has 0 saturated carbocycles. The second-order valence-corrected chi connectivity index (χ2v) is 5.69. The normalized spacial score (nSPS) is 13.4. The van der Waals surface area contributed by atoms with Crippen LogP contribution in [0.5, 0.6) is 0 Å². The van der Waals surface area contributed by atoms with Gasteiger partial charge in [-0.25, -0.2) is 4.98 Å². The Morgan fingerprint density at radius 1 is 1.27 bits per heavy atom. The van der Waals surface area contributed by atoms with Gasteiger partial charge >= 0.3 is 0 Å². The van der Waals surface area contributed by atoms with Crippen LogP contribution >= 0.6 is 0 Å². The Labute approximate surface area is 133 Å². The van der Waals surface area contributed by atoms with Gasteiger partial charge in [-0.3, -0.25) is 4.99 Å². The van der Waals surface area contributed by atoms with Crippen LogP contribution in [-0.4, -0.2) is 28.9 Å². The maximum atomic E-state index is 4.51. The second-order valence-electron chi connectivity index (χ2n) is 5.69. The number of hydrogen-bond acceptors (Lipinski definition) is 3. The summed E-state index contributed by atoms with van der Waals surface area (Å²) in [6.07, 6.45) is 7.15. The second kappa shape index (κ2) is 8.37. The molecule has 2 aromatic rings. The Kier molecular flexibility index (Phi) is 6.19. The number of amidine groups is 1. The molecule has 2 N–H and O–H groups in total. The van der Waals surface area contributed by atoms with Gasteiger partial charge in [-0.15, -0.1) is 0 Å². The third-order valence-electron chi connectivity index (χ3n) is 3.81. The Bertz CT molecular complexity index is 568. The molecule has 22 heavy (non-hydrogen) atoms. The molecule has 4 nitrogen and oxygen atoms in total. The van der Waals surface area contributed by atoms with E-state index in [1.807, 2.05) is 0 Å². The number of H-pyrrole nitrogens is 1. The summed E-state index contributed by atoms with van der Waals surface area (Å²) in [6.45, 7) is 8.69. The topological polar surface area (TPSA) is 53.1 Å². The first-order valence-electron chi connectivity index (χ1n) is 8.03. The fraction of sp³-hybridized carbons (Fsp3) is 0.444. The lowest BCUT2D eigenvalue weighted by molar-refractivity contribution is 0.843. The van der Waals surface area contributed by atoms with E-state index in [9.17, 15) is 0 Å². The van der Waals surface area contributed by atoms with Crippen LogP contribution in [0.3, 0.4) is 0 Å². The van der Waals surface area contributed by atoms with Crippen molar-refractivity contribution in [3.05, 3.63) is 53.6 Å². The minimum atomic E-state index is 0.582. The zero-order valence-corrected chi connectivity index (χ0v) is 13.8. The molecule has 1 aliphatic heterocycles. The molecular formula is C18H26N4. The minimum absolute atomic E-state index is 0.582. The fourth-order valence-electron chi connectivity index (χ4n) is 2.69. The summed E-state index contributed by atoms with van der Waals surface area (Å²) in [7, 11) is 0. The molecule has 0 amide bonds. The lowest BCUT2D eigenvalue weighted by Gasteiger charge is -2.16. The monoisotopic (exact) mass is 298 g/mol. The average Bonchev–Trinajstić information content (AvgIpc) is 3.23. The highest BCUT2D eigenvalue weighted by Gasteiger charge is 2.14. The van der Waals surface area contributed by atoms with Gasteiger partial charge in [0.15, 0.2) is 0 Å². The summed E-state index contributed by atoms with van der Waals surface area (Å²) in [4.78, 5) is 10.9. The summed E-state index contributed by atoms with van der Waals surface area (Å²) < 4.78 is 0. The molecular weight excluding hydrogens is 272 g/mol. The van der Waals surface area contributed by atoms with Crippen LogP contribution in [0, 0.1) is 0 Å². The van der Waals surface area contributed by atoms with E-state index in [-0.39, 0.29) is 0 Å². The number of rotatable bonds is 4. The molecule has 0 unspecified atom stereocenters. The number of imidazole rings is 1. The summed E-state index contributed by atoms with van der Waals surface area (Å²) in [5.41, 5.74) is 4.42. The van der Waals surface area contributed by atoms with Crippen molar-refractivity contribution in [2.45, 2.75) is 39.5 Å². The highest BCUT2D eigenvalue weighted by Crippen LogP contribution is 2.24. The van der Waals surface area contributed by atoms with Crippen LogP contribution in [0.25, 0.3) is 0 Å². The zero-order chi connectivity index (χ0) is 15.8. The smallest absolute Gasteiger partial charge is 0.101 e. The quantitative estimate of drug-likeness (QED) is 0.909. The fourth-order valence-corrected chi connectivity index (χ4v) is 2.69. The molecule has 2 heterocycles. The molecule has 0 radical (unpaired) electrons. The highest BCUT2D eigenvalue weighted by molar-refractivity contribution is 5.86. The molecule has 1 aromatic heterocycles. The van der Waals surface area contributed by atoms with Gasteiger partial charge in [0.25, 0.3) is 0 Å². The van der Waals surface area contributed by atoms with Gasteiger partial charge in [-0.05, 0) is 29.0 Å². The van der Waals surface area contributed by atoms with E-state index in [4.69, 9.17) is 0 Å². The van der Waals surface area contributed by atoms with Crippen LogP contribution in [0.1, 0.15) is 43.4 Å². The number of aryl methyl sites for hydroxylation is 1. The molecule has 118 valence electrons. The summed E-state index contributed by atoms with van der Waals surface area (Å²) in [5.74, 6) is 1.74. The van der Waals surface area contributed by atoms with Crippen LogP contribution in [-0.2, 0) is 12.8 Å². The predicted octanol–water partition coefficient (Wildman–Crippen LogP) is 3.33. The molecule has 3 rings (SSSR count). The molecule has 0 spiro atoms. The Hall–Kier alpha value is -2.10. The highest BCUT2D eigenvalue weighted by atomic mass is 15.1. The van der Waals surface area contributed by atoms with E-state index in [1.54, 1.807) is 18.7 Å². The van der Waals surface area contributed by atoms with Crippen molar-refractivity contribution in [3.8, 4) is 0 Å². The van der Waals surface area contributed by atoms with Gasteiger partial charge in [-0.1, -0.05) is 39.0 Å². The number of benzene rings is 1. The van der Waals surface area contributed by atoms with E-state index in [0.717, 1.165) is 31.8 Å². The van der Waals surface area contributed by atoms with Crippen molar-refractivity contribution in [2.24, 2.45) is 4.99 Å². The molecule has 0 saturated heterocycles. The van der Waals surface area contributed by atoms with Crippen LogP contribution in [0.2, 0.25) is 0 Å². The zero-order valence-electron chi connectivity index (χ0n) is 13.8. The van der Waals surface area contributed by atoms with E-state index < -0.39 is 0 Å². The average molecular weight is 298 g/mol. The molecule has 1 aliphatic rings. The lowest BCUT2D eigenvalue weighted by Crippen LogP contribution is -2.22. The largest absolute Gasteiger partial charge is 0.372 e. The Morgan fingerprint density at radius 3 is 2.64 bits per heavy atom. The summed E-state index contributed by atoms with van der Waals surface area (Å²) >= 11 is 0. The number of aromatic nitrogens is 2. The minimum Gasteiger partial charge on any atom is -0.372 e. The van der Waals surface area contributed by atoms with Crippen molar-refractivity contribution < 1.29 is 0 Å². The third kappa shape index (κ3) is 4.45. The number of aliphatic imine (C=N–C) groups is 1. The van der Waals surface area contributed by atoms with Crippen LogP contribution in [0.15, 0.2) is 41.9 Å². The first-order valence-corrected chi connectivity index (χ1v) is 8.03. The van der Waals surface area contributed by atoms with Crippen molar-refractivity contribution in [2.75, 3.05) is 13.1 Å². The van der Waals surface area contributed by atoms with E-state index in [0.29, 0.717) is 5.92 Å². The SMILES string of the molecule is CCc1cccc(C(C)C)c1CC1=NCCN1.c1c[nH]cn1. The first-order chi connectivity index (χ1) is 10.7. The molecule has 4 heteroatoms. The molecule has 1 aromatic carbocycles. The van der Waals surface area contributed by atoms with Crippen molar-refractivity contribution in [1.82, 2.24) is 15.3 Å². The number of nitrogens with zero attached hydrogens (tertiary/aromatic N) is 2. The van der Waals surface area contributed by atoms with Gasteiger partial charge in [0, 0.05) is 25.4 Å². The van der Waals surface area contributed by atoms with Crippen LogP contribution < -0.4 is 5.32 Å². The number of hydrogen-bond donors (Lipinski definition) is 2. The van der Waals surface area contributed by atoms with Crippen molar-refractivity contribution >= 4 is 5.84 Å². The number of nitrogens with one attached hydrogen (secondary N) is 2. The van der Waals surface area contributed by atoms with E-state index >= 15 is 0 Å². The summed E-state index contributed by atoms with van der Waals surface area (Å²) in [5, 5.41) is 3.37. The van der Waals surface area contributed by atoms with Crippen molar-refractivity contribution in [1.29, 1.82) is 0 Å². The first kappa shape index (κ1) is 16.3. The van der Waals surface area contributed by atoms with Crippen LogP contribution in [0.4, 0.5) is 0 Å². The molecule has 0 aliphatic carbocycles. The third-order valence-corrected chi connectivity index (χ3v) is 3.81. The maximum Gasteiger partial charge on any atom is 0.101 e. The Morgan fingerprint density at radius 2 is 2.14 bits per heavy atom. The van der Waals surface area contributed by atoms with Gasteiger partial charge < -0.3 is 10.3 Å². The molecule has 0 atom stereocenters. The van der Waals surface area contributed by atoms with Gasteiger partial charge in [-0.2, -0.15) is 0 Å². The van der Waals surface area contributed by atoms with E-state index in [2.05, 4.69) is 59.2 Å². The van der Waals surface area contributed by atoms with Crippen molar-refractivity contribution in [3.63, 3.8) is 0 Å². The lowest BCUT2D eigenvalue weighted by atomic mass is 9.90. The number of aromatic amines is 1. The van der Waals surface area contributed by atoms with E-state index in [1.165, 1.54) is 16.7 Å². The van der Waals surface area contributed by atoms with Gasteiger partial charge in [0.1, 0.15) is 5.84 Å². The summed E-state index contributed by atoms with van der Waals surface area (Å²) in [6, 6.07) is 6.69. The standard InChI is InChI=1S/C15H22N2.C3H4N2/c1-4-12-6-5-7-13(11(2)3)14(12)10-15-16-8-9-17-15;1-2-5-3-4-1/h5-7,11H,4,8-10H2,1-3H3,(H,16,17);1-3H,(H,4,5). The Balaban J connectivity index is 0.000000299. The van der Waals surface area contributed by atoms with Gasteiger partial charge in [0.2, 0.25) is 0 Å². The molecule has 0 fully saturated rings. The van der Waals surface area contributed by atoms with Gasteiger partial charge in [0.05, 0.1) is 12.9 Å². The maximum absolute atomic E-state index is 4.51.